The van der Waals surface area contributed by atoms with Gasteiger partial charge in [0.15, 0.2) is 0 Å². The van der Waals surface area contributed by atoms with E-state index in [1.807, 2.05) is 24.3 Å². The van der Waals surface area contributed by atoms with Crippen LogP contribution in [0.15, 0.2) is 48.6 Å². The third-order valence-electron chi connectivity index (χ3n) is 3.61. The highest BCUT2D eigenvalue weighted by Gasteiger charge is 2.07. The molecule has 0 aliphatic carbocycles. The summed E-state index contributed by atoms with van der Waals surface area (Å²) in [7, 11) is 0. The lowest BCUT2D eigenvalue weighted by Crippen LogP contribution is -2.10. The lowest BCUT2D eigenvalue weighted by atomic mass is 10.0. The summed E-state index contributed by atoms with van der Waals surface area (Å²) in [6, 6.07) is 0. The minimum absolute atomic E-state index is 0.0779. The average Bonchev–Trinajstić information content (AvgIpc) is 2.57. The minimum atomic E-state index is -0.954. The van der Waals surface area contributed by atoms with Crippen molar-refractivity contribution in [2.75, 3.05) is 0 Å². The molecule has 0 radical (unpaired) electrons. The van der Waals surface area contributed by atoms with Crippen LogP contribution in [0.1, 0.15) is 64.7 Å². The fraction of sp³-hybridized carbons (Fsp3) is 0.550. The maximum atomic E-state index is 10.2. The standard InChI is InChI=1S/C20H32O4/c1-2-3-4-5-10-13-16-19(24-23)17-14-11-8-6-7-9-12-15-18-20(21)22/h6-9,11-12,15,18-19,23H,2-5,10,13-14,16-17H2,1H3,(H,21,22)/t19-/m1/s1. The van der Waals surface area contributed by atoms with Gasteiger partial charge in [-0.05, 0) is 19.3 Å². The third-order valence-corrected chi connectivity index (χ3v) is 3.61. The number of carboxylic acid groups (broad SMARTS) is 1. The first kappa shape index (κ1) is 22.4. The molecule has 0 amide bonds. The van der Waals surface area contributed by atoms with Crippen LogP contribution >= 0.6 is 0 Å². The Morgan fingerprint density at radius 3 is 2.21 bits per heavy atom. The molecule has 24 heavy (non-hydrogen) atoms. The van der Waals surface area contributed by atoms with Crippen molar-refractivity contribution in [3.05, 3.63) is 48.6 Å². The molecule has 4 nitrogen and oxygen atoms in total. The number of rotatable bonds is 15. The van der Waals surface area contributed by atoms with Gasteiger partial charge in [-0.3, -0.25) is 5.26 Å². The maximum Gasteiger partial charge on any atom is 0.328 e. The first-order chi connectivity index (χ1) is 11.7. The van der Waals surface area contributed by atoms with Crippen molar-refractivity contribution >= 4 is 5.97 Å². The molecule has 0 spiro atoms. The lowest BCUT2D eigenvalue weighted by molar-refractivity contribution is -0.281. The van der Waals surface area contributed by atoms with Gasteiger partial charge in [0.25, 0.3) is 0 Å². The zero-order valence-electron chi connectivity index (χ0n) is 14.8. The van der Waals surface area contributed by atoms with Gasteiger partial charge in [-0.1, -0.05) is 88.0 Å². The fourth-order valence-corrected chi connectivity index (χ4v) is 2.25. The number of hydrogen-bond donors (Lipinski definition) is 2. The Labute approximate surface area is 146 Å². The summed E-state index contributed by atoms with van der Waals surface area (Å²) in [5.41, 5.74) is 0. The Kier molecular flexibility index (Phi) is 16.5. The summed E-state index contributed by atoms with van der Waals surface area (Å²) >= 11 is 0. The molecule has 0 fully saturated rings. The fourth-order valence-electron chi connectivity index (χ4n) is 2.25. The number of aliphatic carboxylic acids is 1. The van der Waals surface area contributed by atoms with Crippen LogP contribution in [0.25, 0.3) is 0 Å². The smallest absolute Gasteiger partial charge is 0.328 e. The van der Waals surface area contributed by atoms with E-state index >= 15 is 0 Å². The zero-order valence-corrected chi connectivity index (χ0v) is 14.8. The number of unbranched alkanes of at least 4 members (excludes halogenated alkanes) is 5. The minimum Gasteiger partial charge on any atom is -0.478 e. The lowest BCUT2D eigenvalue weighted by Gasteiger charge is -2.11. The Bertz CT molecular complexity index is 408. The van der Waals surface area contributed by atoms with Gasteiger partial charge in [0.1, 0.15) is 0 Å². The summed E-state index contributed by atoms with van der Waals surface area (Å²) in [5, 5.41) is 17.3. The van der Waals surface area contributed by atoms with E-state index in [1.54, 1.807) is 12.2 Å². The van der Waals surface area contributed by atoms with Crippen LogP contribution in [0.4, 0.5) is 0 Å². The molecule has 0 aromatic heterocycles. The van der Waals surface area contributed by atoms with Crippen molar-refractivity contribution in [2.24, 2.45) is 0 Å². The topological polar surface area (TPSA) is 66.8 Å². The van der Waals surface area contributed by atoms with Gasteiger partial charge in [-0.25, -0.2) is 9.68 Å². The number of hydrogen-bond acceptors (Lipinski definition) is 3. The SMILES string of the molecule is CCCCCCCC[C@H](CCC=CC=CC=CC=CC(=O)O)OO. The quantitative estimate of drug-likeness (QED) is 0.133. The summed E-state index contributed by atoms with van der Waals surface area (Å²) in [6.45, 7) is 2.21. The van der Waals surface area contributed by atoms with E-state index < -0.39 is 5.97 Å². The molecular weight excluding hydrogens is 304 g/mol. The van der Waals surface area contributed by atoms with E-state index in [0.717, 1.165) is 31.8 Å². The molecule has 0 bridgehead atoms. The van der Waals surface area contributed by atoms with Crippen LogP contribution < -0.4 is 0 Å². The molecule has 0 aromatic rings. The summed E-state index contributed by atoms with van der Waals surface area (Å²) in [5.74, 6) is -0.954. The predicted molar refractivity (Wildman–Crippen MR) is 98.9 cm³/mol. The van der Waals surface area contributed by atoms with Crippen LogP contribution in [0, 0.1) is 0 Å². The molecule has 0 aromatic carbocycles. The van der Waals surface area contributed by atoms with Crippen LogP contribution in [0.5, 0.6) is 0 Å². The zero-order chi connectivity index (χ0) is 17.9. The van der Waals surface area contributed by atoms with E-state index in [-0.39, 0.29) is 6.10 Å². The molecule has 0 saturated heterocycles. The average molecular weight is 336 g/mol. The second kappa shape index (κ2) is 17.7. The van der Waals surface area contributed by atoms with Crippen molar-refractivity contribution in [2.45, 2.75) is 70.8 Å². The predicted octanol–water partition coefficient (Wildman–Crippen LogP) is 5.68. The van der Waals surface area contributed by atoms with Gasteiger partial charge in [-0.15, -0.1) is 0 Å². The second-order valence-electron chi connectivity index (χ2n) is 5.76. The first-order valence-electron chi connectivity index (χ1n) is 8.90. The van der Waals surface area contributed by atoms with Crippen LogP contribution in [0.3, 0.4) is 0 Å². The Balaban J connectivity index is 3.72. The monoisotopic (exact) mass is 336 g/mol. The molecule has 4 heteroatoms. The molecule has 0 unspecified atom stereocenters. The van der Waals surface area contributed by atoms with Crippen molar-refractivity contribution in [1.29, 1.82) is 0 Å². The summed E-state index contributed by atoms with van der Waals surface area (Å²) in [6.07, 6.45) is 23.6. The van der Waals surface area contributed by atoms with Crippen molar-refractivity contribution < 1.29 is 20.0 Å². The Morgan fingerprint density at radius 1 is 0.917 bits per heavy atom. The number of allylic oxidation sites excluding steroid dienone is 7. The molecule has 0 heterocycles. The Morgan fingerprint density at radius 2 is 1.54 bits per heavy atom. The van der Waals surface area contributed by atoms with Crippen molar-refractivity contribution in [3.8, 4) is 0 Å². The normalized spacial score (nSPS) is 13.8. The summed E-state index contributed by atoms with van der Waals surface area (Å²) < 4.78 is 0. The third kappa shape index (κ3) is 16.7. The van der Waals surface area contributed by atoms with E-state index in [9.17, 15) is 4.79 Å². The van der Waals surface area contributed by atoms with Crippen LogP contribution in [-0.4, -0.2) is 22.4 Å². The highest BCUT2D eigenvalue weighted by Crippen LogP contribution is 2.13. The van der Waals surface area contributed by atoms with Gasteiger partial charge in [0.05, 0.1) is 6.10 Å². The van der Waals surface area contributed by atoms with E-state index in [4.69, 9.17) is 10.4 Å². The van der Waals surface area contributed by atoms with Gasteiger partial charge in [-0.2, -0.15) is 0 Å². The summed E-state index contributed by atoms with van der Waals surface area (Å²) in [4.78, 5) is 14.8. The van der Waals surface area contributed by atoms with Gasteiger partial charge in [0, 0.05) is 6.08 Å². The number of carboxylic acids is 1. The van der Waals surface area contributed by atoms with E-state index in [0.29, 0.717) is 0 Å². The second-order valence-corrected chi connectivity index (χ2v) is 5.76. The van der Waals surface area contributed by atoms with E-state index in [1.165, 1.54) is 38.2 Å². The molecule has 0 rings (SSSR count). The van der Waals surface area contributed by atoms with Crippen LogP contribution in [0.2, 0.25) is 0 Å². The molecule has 0 aliphatic rings. The number of carbonyl (C=O) groups is 1. The van der Waals surface area contributed by atoms with Crippen molar-refractivity contribution in [3.63, 3.8) is 0 Å². The molecule has 2 N–H and O–H groups in total. The largest absolute Gasteiger partial charge is 0.478 e. The molecule has 0 saturated carbocycles. The molecule has 1 atom stereocenters. The molecule has 0 aliphatic heterocycles. The van der Waals surface area contributed by atoms with Gasteiger partial charge in [0.2, 0.25) is 0 Å². The van der Waals surface area contributed by atoms with E-state index in [2.05, 4.69) is 11.8 Å². The van der Waals surface area contributed by atoms with Gasteiger partial charge >= 0.3 is 5.97 Å². The van der Waals surface area contributed by atoms with Crippen LogP contribution in [-0.2, 0) is 9.68 Å². The van der Waals surface area contributed by atoms with Gasteiger partial charge < -0.3 is 5.11 Å². The highest BCUT2D eigenvalue weighted by molar-refractivity contribution is 5.80. The first-order valence-corrected chi connectivity index (χ1v) is 8.90. The van der Waals surface area contributed by atoms with Crippen molar-refractivity contribution in [1.82, 2.24) is 0 Å². The Hall–Kier alpha value is -1.65. The molecule has 136 valence electrons. The highest BCUT2D eigenvalue weighted by atomic mass is 17.1. The maximum absolute atomic E-state index is 10.2. The molecular formula is C20H32O4.